The lowest BCUT2D eigenvalue weighted by Crippen LogP contribution is -2.20. The Morgan fingerprint density at radius 3 is 2.00 bits per heavy atom. The van der Waals surface area contributed by atoms with Crippen molar-refractivity contribution in [3.8, 4) is 0 Å². The predicted octanol–water partition coefficient (Wildman–Crippen LogP) is 2.13. The summed E-state index contributed by atoms with van der Waals surface area (Å²) in [5.41, 5.74) is -0.693. The minimum atomic E-state index is -0.904. The SMILES string of the molecule is CC(=O)OC1(C)C(C)C1(Cl)Cl. The molecule has 2 unspecified atom stereocenters. The summed E-state index contributed by atoms with van der Waals surface area (Å²) in [5, 5.41) is 0. The molecule has 2 atom stereocenters. The van der Waals surface area contributed by atoms with E-state index in [9.17, 15) is 4.79 Å². The van der Waals surface area contributed by atoms with Crippen molar-refractivity contribution in [3.63, 3.8) is 0 Å². The molecular formula is C7H10Cl2O2. The number of carbonyl (C=O) groups is 1. The first kappa shape index (κ1) is 9.14. The largest absolute Gasteiger partial charge is 0.456 e. The third-order valence-corrected chi connectivity index (χ3v) is 3.71. The molecule has 0 saturated heterocycles. The quantitative estimate of drug-likeness (QED) is 0.475. The molecule has 0 aromatic carbocycles. The molecule has 0 aromatic rings. The summed E-state index contributed by atoms with van der Waals surface area (Å²) in [7, 11) is 0. The predicted molar refractivity (Wildman–Crippen MR) is 43.8 cm³/mol. The fraction of sp³-hybridized carbons (Fsp3) is 0.857. The van der Waals surface area contributed by atoms with Crippen molar-refractivity contribution in [2.45, 2.75) is 30.7 Å². The van der Waals surface area contributed by atoms with E-state index < -0.39 is 9.93 Å². The Morgan fingerprint density at radius 1 is 1.55 bits per heavy atom. The lowest BCUT2D eigenvalue weighted by Gasteiger charge is -2.11. The van der Waals surface area contributed by atoms with Gasteiger partial charge in [0.15, 0.2) is 4.33 Å². The Kier molecular flexibility index (Phi) is 1.88. The highest BCUT2D eigenvalue weighted by Crippen LogP contribution is 2.64. The van der Waals surface area contributed by atoms with Crippen LogP contribution < -0.4 is 0 Å². The Labute approximate surface area is 75.8 Å². The molecule has 1 aliphatic carbocycles. The van der Waals surface area contributed by atoms with Gasteiger partial charge < -0.3 is 4.74 Å². The van der Waals surface area contributed by atoms with Crippen LogP contribution in [0.4, 0.5) is 0 Å². The second-order valence-corrected chi connectivity index (χ2v) is 4.43. The summed E-state index contributed by atoms with van der Waals surface area (Å²) in [6.45, 7) is 4.93. The minimum Gasteiger partial charge on any atom is -0.456 e. The van der Waals surface area contributed by atoms with Gasteiger partial charge in [0.05, 0.1) is 0 Å². The second kappa shape index (κ2) is 2.27. The van der Waals surface area contributed by atoms with E-state index >= 15 is 0 Å². The summed E-state index contributed by atoms with van der Waals surface area (Å²) >= 11 is 11.7. The molecule has 2 nitrogen and oxygen atoms in total. The van der Waals surface area contributed by atoms with Crippen molar-refractivity contribution in [1.29, 1.82) is 0 Å². The Hall–Kier alpha value is 0.0500. The van der Waals surface area contributed by atoms with Gasteiger partial charge in [-0.15, -0.1) is 0 Å². The maximum atomic E-state index is 10.6. The van der Waals surface area contributed by atoms with E-state index in [0.29, 0.717) is 0 Å². The number of hydrogen-bond donors (Lipinski definition) is 0. The first-order valence-electron chi connectivity index (χ1n) is 3.40. The first-order chi connectivity index (χ1) is 4.82. The van der Waals surface area contributed by atoms with Crippen molar-refractivity contribution in [3.05, 3.63) is 0 Å². The molecule has 1 fully saturated rings. The zero-order chi connectivity index (χ0) is 8.86. The van der Waals surface area contributed by atoms with Crippen molar-refractivity contribution >= 4 is 29.2 Å². The first-order valence-corrected chi connectivity index (χ1v) is 4.15. The summed E-state index contributed by atoms with van der Waals surface area (Å²) in [6, 6.07) is 0. The lowest BCUT2D eigenvalue weighted by atomic mass is 10.3. The molecule has 4 heteroatoms. The third kappa shape index (κ3) is 1.13. The third-order valence-electron chi connectivity index (χ3n) is 2.30. The molecule has 64 valence electrons. The van der Waals surface area contributed by atoms with Gasteiger partial charge in [-0.1, -0.05) is 30.1 Å². The van der Waals surface area contributed by atoms with Crippen molar-refractivity contribution in [1.82, 2.24) is 0 Å². The molecule has 1 rings (SSSR count). The van der Waals surface area contributed by atoms with E-state index in [1.165, 1.54) is 6.92 Å². The van der Waals surface area contributed by atoms with Crippen LogP contribution in [0.15, 0.2) is 0 Å². The second-order valence-electron chi connectivity index (χ2n) is 3.05. The van der Waals surface area contributed by atoms with Gasteiger partial charge in [0.2, 0.25) is 0 Å². The van der Waals surface area contributed by atoms with Gasteiger partial charge in [-0.05, 0) is 6.92 Å². The van der Waals surface area contributed by atoms with E-state index in [-0.39, 0.29) is 11.9 Å². The van der Waals surface area contributed by atoms with Gasteiger partial charge in [0.25, 0.3) is 0 Å². The van der Waals surface area contributed by atoms with Crippen molar-refractivity contribution < 1.29 is 9.53 Å². The smallest absolute Gasteiger partial charge is 0.303 e. The molecule has 0 aromatic heterocycles. The summed E-state index contributed by atoms with van der Waals surface area (Å²) in [5.74, 6) is -0.343. The van der Waals surface area contributed by atoms with Gasteiger partial charge in [-0.2, -0.15) is 0 Å². The van der Waals surface area contributed by atoms with E-state index in [2.05, 4.69) is 0 Å². The zero-order valence-electron chi connectivity index (χ0n) is 6.65. The van der Waals surface area contributed by atoms with E-state index in [0.717, 1.165) is 0 Å². The molecule has 0 bridgehead atoms. The minimum absolute atomic E-state index is 0.00207. The van der Waals surface area contributed by atoms with Crippen LogP contribution in [-0.4, -0.2) is 15.9 Å². The monoisotopic (exact) mass is 196 g/mol. The molecule has 0 amide bonds. The van der Waals surface area contributed by atoms with Crippen LogP contribution >= 0.6 is 23.2 Å². The Balaban J connectivity index is 2.67. The Morgan fingerprint density at radius 2 is 1.91 bits per heavy atom. The average Bonchev–Trinajstić information content (AvgIpc) is 2.13. The van der Waals surface area contributed by atoms with Crippen LogP contribution in [0.5, 0.6) is 0 Å². The normalized spacial score (nSPS) is 39.9. The van der Waals surface area contributed by atoms with Crippen LogP contribution in [0.2, 0.25) is 0 Å². The molecule has 11 heavy (non-hydrogen) atoms. The number of halogens is 2. The number of esters is 1. The Bertz CT molecular complexity index is 203. The molecular weight excluding hydrogens is 187 g/mol. The van der Waals surface area contributed by atoms with Gasteiger partial charge in [-0.25, -0.2) is 0 Å². The maximum Gasteiger partial charge on any atom is 0.303 e. The van der Waals surface area contributed by atoms with Crippen molar-refractivity contribution in [2.75, 3.05) is 0 Å². The number of hydrogen-bond acceptors (Lipinski definition) is 2. The van der Waals surface area contributed by atoms with E-state index in [1.54, 1.807) is 6.92 Å². The highest BCUT2D eigenvalue weighted by Gasteiger charge is 2.74. The topological polar surface area (TPSA) is 26.3 Å². The van der Waals surface area contributed by atoms with Gasteiger partial charge >= 0.3 is 5.97 Å². The van der Waals surface area contributed by atoms with Gasteiger partial charge in [0, 0.05) is 12.8 Å². The average molecular weight is 197 g/mol. The molecule has 0 heterocycles. The molecule has 1 saturated carbocycles. The number of carbonyl (C=O) groups excluding carboxylic acids is 1. The highest BCUT2D eigenvalue weighted by molar-refractivity contribution is 6.52. The van der Waals surface area contributed by atoms with Crippen LogP contribution in [0.25, 0.3) is 0 Å². The van der Waals surface area contributed by atoms with Gasteiger partial charge in [0.1, 0.15) is 5.60 Å². The summed E-state index contributed by atoms with van der Waals surface area (Å²) < 4.78 is 4.07. The fourth-order valence-corrected chi connectivity index (χ4v) is 1.87. The lowest BCUT2D eigenvalue weighted by molar-refractivity contribution is -0.148. The summed E-state index contributed by atoms with van der Waals surface area (Å²) in [6.07, 6.45) is 0. The van der Waals surface area contributed by atoms with Crippen LogP contribution in [0, 0.1) is 5.92 Å². The number of rotatable bonds is 1. The standard InChI is InChI=1S/C7H10Cl2O2/c1-4-6(3,7(4,8)9)11-5(2)10/h4H,1-3H3. The van der Waals surface area contributed by atoms with Crippen LogP contribution in [0.3, 0.4) is 0 Å². The van der Waals surface area contributed by atoms with Crippen LogP contribution in [0.1, 0.15) is 20.8 Å². The highest BCUT2D eigenvalue weighted by atomic mass is 35.5. The molecule has 0 aliphatic heterocycles. The van der Waals surface area contributed by atoms with E-state index in [1.807, 2.05) is 6.92 Å². The van der Waals surface area contributed by atoms with Crippen LogP contribution in [-0.2, 0) is 9.53 Å². The van der Waals surface area contributed by atoms with Crippen molar-refractivity contribution in [2.24, 2.45) is 5.92 Å². The molecule has 0 spiro atoms. The maximum absolute atomic E-state index is 10.6. The molecule has 0 N–H and O–H groups in total. The van der Waals surface area contributed by atoms with Gasteiger partial charge in [-0.3, -0.25) is 4.79 Å². The number of alkyl halides is 2. The molecule has 1 aliphatic rings. The zero-order valence-corrected chi connectivity index (χ0v) is 8.16. The fourth-order valence-electron chi connectivity index (χ4n) is 1.16. The molecule has 0 radical (unpaired) electrons. The number of ether oxygens (including phenoxy) is 1. The summed E-state index contributed by atoms with van der Waals surface area (Å²) in [4.78, 5) is 10.6. The van der Waals surface area contributed by atoms with E-state index in [4.69, 9.17) is 27.9 Å².